The van der Waals surface area contributed by atoms with E-state index in [1.165, 1.54) is 32.1 Å². The molecule has 2 fully saturated rings. The minimum absolute atomic E-state index is 0.0749. The Morgan fingerprint density at radius 2 is 1.88 bits per heavy atom. The molecule has 12 heteroatoms. The van der Waals surface area contributed by atoms with Gasteiger partial charge in [-0.25, -0.2) is 14.6 Å². The van der Waals surface area contributed by atoms with Crippen molar-refractivity contribution in [1.82, 2.24) is 29.8 Å². The van der Waals surface area contributed by atoms with Crippen molar-refractivity contribution in [2.75, 3.05) is 25.0 Å². The lowest BCUT2D eigenvalue weighted by Gasteiger charge is -2.17. The number of nitrogens with one attached hydrogen (secondary N) is 3. The van der Waals surface area contributed by atoms with Crippen LogP contribution < -0.4 is 24.8 Å². The number of halogens is 1. The summed E-state index contributed by atoms with van der Waals surface area (Å²) in [5.41, 5.74) is 1.53. The Morgan fingerprint density at radius 1 is 1.04 bits per heavy atom. The van der Waals surface area contributed by atoms with E-state index in [4.69, 9.17) is 26.1 Å². The number of benzene rings is 1. The molecule has 6 rings (SSSR count). The zero-order valence-corrected chi connectivity index (χ0v) is 29.9. The van der Waals surface area contributed by atoms with Crippen molar-refractivity contribution in [3.05, 3.63) is 83.1 Å². The molecular formula is C37H46ClN7O3S. The monoisotopic (exact) mass is 703 g/mol. The van der Waals surface area contributed by atoms with E-state index in [0.29, 0.717) is 47.4 Å². The van der Waals surface area contributed by atoms with E-state index in [-0.39, 0.29) is 22.2 Å². The number of ether oxygens (including phenoxy) is 2. The first-order valence-electron chi connectivity index (χ1n) is 17.3. The van der Waals surface area contributed by atoms with E-state index in [1.54, 1.807) is 23.0 Å². The minimum atomic E-state index is -0.384. The average molecular weight is 704 g/mol. The number of rotatable bonds is 16. The summed E-state index contributed by atoms with van der Waals surface area (Å²) in [4.78, 5) is 22.4. The second-order valence-corrected chi connectivity index (χ2v) is 14.8. The van der Waals surface area contributed by atoms with Crippen LogP contribution in [0.5, 0.6) is 11.6 Å². The summed E-state index contributed by atoms with van der Waals surface area (Å²) in [5, 5.41) is 12.2. The number of hydrogen-bond donors (Lipinski definition) is 3. The Labute approximate surface area is 298 Å². The molecule has 1 aliphatic carbocycles. The maximum absolute atomic E-state index is 13.2. The smallest absolute Gasteiger partial charge is 0.264 e. The Balaban J connectivity index is 1.05. The number of carbonyl (C=O) groups is 1. The van der Waals surface area contributed by atoms with Crippen LogP contribution >= 0.6 is 23.5 Å². The van der Waals surface area contributed by atoms with Crippen LogP contribution in [0.15, 0.2) is 71.9 Å². The number of anilines is 1. The Bertz CT molecular complexity index is 1680. The van der Waals surface area contributed by atoms with Crippen LogP contribution in [0.3, 0.4) is 0 Å². The molecule has 10 nitrogen and oxygen atoms in total. The molecule has 1 amide bonds. The minimum Gasteiger partial charge on any atom is -0.489 e. The molecule has 4 aromatic rings. The van der Waals surface area contributed by atoms with Gasteiger partial charge in [0, 0.05) is 48.4 Å². The maximum Gasteiger partial charge on any atom is 0.264 e. The van der Waals surface area contributed by atoms with E-state index >= 15 is 0 Å². The highest BCUT2D eigenvalue weighted by molar-refractivity contribution is 7.97. The summed E-state index contributed by atoms with van der Waals surface area (Å²) < 4.78 is 16.5. The van der Waals surface area contributed by atoms with Gasteiger partial charge >= 0.3 is 0 Å². The third-order valence-electron chi connectivity index (χ3n) is 9.16. The van der Waals surface area contributed by atoms with Gasteiger partial charge in [-0.2, -0.15) is 0 Å². The second-order valence-electron chi connectivity index (χ2n) is 13.6. The first-order valence-corrected chi connectivity index (χ1v) is 18.5. The van der Waals surface area contributed by atoms with Gasteiger partial charge in [-0.05, 0) is 75.6 Å². The van der Waals surface area contributed by atoms with Gasteiger partial charge in [-0.1, -0.05) is 67.6 Å². The highest BCUT2D eigenvalue weighted by Gasteiger charge is 2.29. The molecule has 2 aliphatic rings. The van der Waals surface area contributed by atoms with E-state index in [0.717, 1.165) is 55.8 Å². The molecule has 0 radical (unpaired) electrons. The number of nitrogens with zero attached hydrogens (tertiary/aromatic N) is 4. The highest BCUT2D eigenvalue weighted by atomic mass is 35.5. The molecule has 1 saturated carbocycles. The first kappa shape index (κ1) is 35.0. The molecule has 1 atom stereocenters. The zero-order valence-electron chi connectivity index (χ0n) is 28.3. The quantitative estimate of drug-likeness (QED) is 0.0609. The maximum atomic E-state index is 13.2. The number of aromatic nitrogens is 4. The van der Waals surface area contributed by atoms with Gasteiger partial charge in [-0.15, -0.1) is 5.10 Å². The Kier molecular flexibility index (Phi) is 12.0. The average Bonchev–Trinajstić information content (AvgIpc) is 3.87. The molecule has 1 aliphatic heterocycles. The summed E-state index contributed by atoms with van der Waals surface area (Å²) in [6.07, 6.45) is 11.4. The lowest BCUT2D eigenvalue weighted by atomic mass is 9.94. The highest BCUT2D eigenvalue weighted by Crippen LogP contribution is 2.29. The van der Waals surface area contributed by atoms with Gasteiger partial charge in [0.25, 0.3) is 5.91 Å². The standard InChI is InChI=1S/C37H46ClN7O3S/c1-37(2)23-28(24-40-37)13-8-18-39-31-21-29(48-25-27-11-4-3-5-12-27)22-34(41-31)49-44-36(46)30-14-15-32(42-35(30)38)45-19-16-33(43-45)47-20-17-26-9-6-7-10-26/h3-5,11-12,14-16,19,21-22,26,28,40H,6-10,13,17-18,20,23-25H2,1-2H3,(H,39,41)(H,44,46)/t28-/m0/s1. The van der Waals surface area contributed by atoms with E-state index < -0.39 is 0 Å². The molecule has 1 saturated heterocycles. The third kappa shape index (κ3) is 10.4. The van der Waals surface area contributed by atoms with E-state index in [9.17, 15) is 4.79 Å². The van der Waals surface area contributed by atoms with Crippen molar-refractivity contribution < 1.29 is 14.3 Å². The van der Waals surface area contributed by atoms with Crippen molar-refractivity contribution in [3.8, 4) is 17.4 Å². The second kappa shape index (κ2) is 16.7. The van der Waals surface area contributed by atoms with Crippen molar-refractivity contribution in [2.24, 2.45) is 11.8 Å². The van der Waals surface area contributed by atoms with Gasteiger partial charge in [0.15, 0.2) is 5.82 Å². The van der Waals surface area contributed by atoms with Gasteiger partial charge in [0.1, 0.15) is 28.4 Å². The van der Waals surface area contributed by atoms with Gasteiger partial charge in [0.05, 0.1) is 12.2 Å². The van der Waals surface area contributed by atoms with Crippen LogP contribution in [0.1, 0.15) is 81.1 Å². The van der Waals surface area contributed by atoms with Crippen LogP contribution in [0.25, 0.3) is 5.82 Å². The molecule has 49 heavy (non-hydrogen) atoms. The molecular weight excluding hydrogens is 658 g/mol. The van der Waals surface area contributed by atoms with Crippen molar-refractivity contribution in [1.29, 1.82) is 0 Å². The topological polar surface area (TPSA) is 115 Å². The molecule has 0 bridgehead atoms. The van der Waals surface area contributed by atoms with E-state index in [2.05, 4.69) is 39.3 Å². The Hall–Kier alpha value is -3.80. The first-order chi connectivity index (χ1) is 23.8. The lowest BCUT2D eigenvalue weighted by molar-refractivity contribution is 0.0984. The number of hydrogen-bond acceptors (Lipinski definition) is 9. The molecule has 260 valence electrons. The normalized spacial score (nSPS) is 17.2. The molecule has 4 heterocycles. The summed E-state index contributed by atoms with van der Waals surface area (Å²) in [6.45, 7) is 7.45. The SMILES string of the molecule is CC1(C)C[C@H](CCCNc2cc(OCc3ccccc3)cc(SNC(=O)c3ccc(-n4ccc(OCCC5CCCC5)n4)nc3Cl)n2)CN1. The van der Waals surface area contributed by atoms with Crippen molar-refractivity contribution in [3.63, 3.8) is 0 Å². The summed E-state index contributed by atoms with van der Waals surface area (Å²) >= 11 is 7.60. The zero-order chi connectivity index (χ0) is 34.1. The number of amides is 1. The van der Waals surface area contributed by atoms with Crippen LogP contribution in [-0.2, 0) is 6.61 Å². The third-order valence-corrected chi connectivity index (χ3v) is 10.2. The summed E-state index contributed by atoms with van der Waals surface area (Å²) in [6, 6.07) is 18.9. The number of pyridine rings is 2. The summed E-state index contributed by atoms with van der Waals surface area (Å²) in [7, 11) is 0. The van der Waals surface area contributed by atoms with Crippen molar-refractivity contribution in [2.45, 2.75) is 82.4 Å². The van der Waals surface area contributed by atoms with Gasteiger partial charge < -0.3 is 20.1 Å². The molecule has 1 aromatic carbocycles. The largest absolute Gasteiger partial charge is 0.489 e. The predicted molar refractivity (Wildman–Crippen MR) is 195 cm³/mol. The fourth-order valence-corrected chi connectivity index (χ4v) is 7.42. The molecule has 0 unspecified atom stereocenters. The molecule has 3 N–H and O–H groups in total. The Morgan fingerprint density at radius 3 is 2.65 bits per heavy atom. The van der Waals surface area contributed by atoms with Crippen LogP contribution in [0, 0.1) is 11.8 Å². The van der Waals surface area contributed by atoms with Crippen LogP contribution in [0.2, 0.25) is 5.15 Å². The number of carbonyl (C=O) groups excluding carboxylic acids is 1. The lowest BCUT2D eigenvalue weighted by Crippen LogP contribution is -2.31. The molecule has 3 aromatic heterocycles. The van der Waals surface area contributed by atoms with Crippen LogP contribution in [0.4, 0.5) is 5.82 Å². The van der Waals surface area contributed by atoms with Gasteiger partial charge in [-0.3, -0.25) is 9.52 Å². The van der Waals surface area contributed by atoms with Crippen LogP contribution in [-0.4, -0.2) is 50.9 Å². The molecule has 0 spiro atoms. The van der Waals surface area contributed by atoms with Crippen molar-refractivity contribution >= 4 is 35.3 Å². The van der Waals surface area contributed by atoms with Gasteiger partial charge in [0.2, 0.25) is 5.88 Å². The predicted octanol–water partition coefficient (Wildman–Crippen LogP) is 7.87. The fourth-order valence-electron chi connectivity index (χ4n) is 6.56. The van der Waals surface area contributed by atoms with E-state index in [1.807, 2.05) is 48.5 Å². The fraction of sp³-hybridized carbons (Fsp3) is 0.459. The summed E-state index contributed by atoms with van der Waals surface area (Å²) in [5.74, 6) is 3.44.